The molecule has 0 aliphatic heterocycles. The van der Waals surface area contributed by atoms with Gasteiger partial charge in [-0.1, -0.05) is 0 Å². The predicted molar refractivity (Wildman–Crippen MR) is 103 cm³/mol. The van der Waals surface area contributed by atoms with Crippen molar-refractivity contribution in [3.63, 3.8) is 0 Å². The van der Waals surface area contributed by atoms with E-state index in [1.165, 1.54) is 13.2 Å². The zero-order valence-corrected chi connectivity index (χ0v) is 15.3. The third kappa shape index (κ3) is 4.38. The predicted octanol–water partition coefficient (Wildman–Crippen LogP) is 2.01. The molecule has 0 saturated heterocycles. The molecule has 0 aliphatic carbocycles. The second-order valence-electron chi connectivity index (χ2n) is 5.91. The Morgan fingerprint density at radius 3 is 2.82 bits per heavy atom. The second kappa shape index (κ2) is 8.87. The van der Waals surface area contributed by atoms with Crippen molar-refractivity contribution in [1.82, 2.24) is 15.5 Å². The van der Waals surface area contributed by atoms with Crippen LogP contribution in [-0.4, -0.2) is 42.2 Å². The molecule has 2 amide bonds. The first-order valence-electron chi connectivity index (χ1n) is 8.69. The fourth-order valence-corrected chi connectivity index (χ4v) is 2.56. The average molecular weight is 383 g/mol. The molecule has 0 fully saturated rings. The maximum Gasteiger partial charge on any atom is 0.256 e. The molecule has 3 aromatic rings. The van der Waals surface area contributed by atoms with E-state index in [0.29, 0.717) is 48.1 Å². The highest BCUT2D eigenvalue weighted by atomic mass is 16.5. The third-order valence-electron chi connectivity index (χ3n) is 3.98. The van der Waals surface area contributed by atoms with Crippen LogP contribution < -0.4 is 21.1 Å². The third-order valence-corrected chi connectivity index (χ3v) is 3.98. The summed E-state index contributed by atoms with van der Waals surface area (Å²) in [4.78, 5) is 24.9. The highest BCUT2D eigenvalue weighted by molar-refractivity contribution is 6.06. The quantitative estimate of drug-likeness (QED) is 0.439. The van der Waals surface area contributed by atoms with Gasteiger partial charge in [-0.3, -0.25) is 14.7 Å². The van der Waals surface area contributed by atoms with E-state index < -0.39 is 5.91 Å². The lowest BCUT2D eigenvalue weighted by Gasteiger charge is -2.11. The summed E-state index contributed by atoms with van der Waals surface area (Å²) in [6, 6.07) is 9.81. The van der Waals surface area contributed by atoms with Crippen molar-refractivity contribution in [2.45, 2.75) is 6.42 Å². The summed E-state index contributed by atoms with van der Waals surface area (Å²) in [5.41, 5.74) is 6.64. The summed E-state index contributed by atoms with van der Waals surface area (Å²) < 4.78 is 10.5. The molecule has 0 atom stereocenters. The number of nitrogens with two attached hydrogens (primary N) is 1. The number of furan rings is 1. The Morgan fingerprint density at radius 2 is 2.11 bits per heavy atom. The van der Waals surface area contributed by atoms with Gasteiger partial charge in [0.15, 0.2) is 11.6 Å². The van der Waals surface area contributed by atoms with E-state index in [2.05, 4.69) is 20.8 Å². The number of nitrogens with zero attached hydrogens (tertiary/aromatic N) is 1. The molecule has 0 spiro atoms. The molecular weight excluding hydrogens is 362 g/mol. The first-order valence-corrected chi connectivity index (χ1v) is 8.69. The van der Waals surface area contributed by atoms with Crippen LogP contribution in [0, 0.1) is 0 Å². The van der Waals surface area contributed by atoms with Gasteiger partial charge in [-0.2, -0.15) is 5.10 Å². The average Bonchev–Trinajstić information content (AvgIpc) is 3.39. The number of carbonyl (C=O) groups excluding carboxylic acids is 2. The number of benzene rings is 1. The number of H-pyrrole nitrogens is 1. The van der Waals surface area contributed by atoms with Crippen molar-refractivity contribution >= 4 is 17.6 Å². The van der Waals surface area contributed by atoms with Gasteiger partial charge < -0.3 is 25.5 Å². The minimum Gasteiger partial charge on any atom is -0.496 e. The van der Waals surface area contributed by atoms with Gasteiger partial charge in [0, 0.05) is 18.2 Å². The van der Waals surface area contributed by atoms with Gasteiger partial charge in [-0.05, 0) is 43.3 Å². The number of hydrogen-bond acceptors (Lipinski definition) is 6. The molecule has 0 radical (unpaired) electrons. The number of carbonyl (C=O) groups is 2. The number of aromatic nitrogens is 2. The van der Waals surface area contributed by atoms with Crippen LogP contribution in [0.15, 0.2) is 47.1 Å². The molecule has 28 heavy (non-hydrogen) atoms. The highest BCUT2D eigenvalue weighted by Gasteiger charge is 2.17. The van der Waals surface area contributed by atoms with E-state index in [4.69, 9.17) is 14.9 Å². The Balaban J connectivity index is 1.74. The summed E-state index contributed by atoms with van der Waals surface area (Å²) in [5, 5.41) is 12.3. The van der Waals surface area contributed by atoms with Gasteiger partial charge in [0.25, 0.3) is 11.8 Å². The molecule has 146 valence electrons. The van der Waals surface area contributed by atoms with E-state index in [1.54, 1.807) is 36.6 Å². The summed E-state index contributed by atoms with van der Waals surface area (Å²) in [6.45, 7) is 0.918. The lowest BCUT2D eigenvalue weighted by molar-refractivity contribution is 0.0950. The summed E-state index contributed by atoms with van der Waals surface area (Å²) in [5.74, 6) is 0.577. The van der Waals surface area contributed by atoms with Crippen molar-refractivity contribution in [2.75, 3.05) is 25.5 Å². The Bertz CT molecular complexity index is 949. The summed E-state index contributed by atoms with van der Waals surface area (Å²) in [7, 11) is 1.46. The Kier molecular flexibility index (Phi) is 6.07. The van der Waals surface area contributed by atoms with Crippen molar-refractivity contribution in [1.29, 1.82) is 0 Å². The number of ether oxygens (including phenoxy) is 1. The topological polar surface area (TPSA) is 135 Å². The van der Waals surface area contributed by atoms with Crippen molar-refractivity contribution < 1.29 is 18.7 Å². The van der Waals surface area contributed by atoms with Gasteiger partial charge in [0.05, 0.1) is 18.9 Å². The molecule has 9 heteroatoms. The number of rotatable bonds is 8. The van der Waals surface area contributed by atoms with Crippen LogP contribution >= 0.6 is 0 Å². The van der Waals surface area contributed by atoms with Crippen molar-refractivity contribution in [3.8, 4) is 17.2 Å². The van der Waals surface area contributed by atoms with Gasteiger partial charge in [-0.15, -0.1) is 0 Å². The first kappa shape index (κ1) is 19.2. The lowest BCUT2D eigenvalue weighted by Crippen LogP contribution is -2.26. The molecule has 9 nitrogen and oxygen atoms in total. The molecule has 3 rings (SSSR count). The molecule has 2 aromatic heterocycles. The number of hydrogen-bond donors (Lipinski definition) is 4. The van der Waals surface area contributed by atoms with E-state index in [9.17, 15) is 9.59 Å². The molecule has 2 heterocycles. The van der Waals surface area contributed by atoms with Crippen LogP contribution in [0.3, 0.4) is 0 Å². The lowest BCUT2D eigenvalue weighted by atomic mass is 10.1. The van der Waals surface area contributed by atoms with E-state index in [-0.39, 0.29) is 11.5 Å². The second-order valence-corrected chi connectivity index (χ2v) is 5.91. The normalized spacial score (nSPS) is 10.5. The Labute approximate surface area is 161 Å². The summed E-state index contributed by atoms with van der Waals surface area (Å²) in [6.07, 6.45) is 2.21. The maximum atomic E-state index is 12.6. The largest absolute Gasteiger partial charge is 0.496 e. The number of nitrogens with one attached hydrogen (secondary N) is 3. The highest BCUT2D eigenvalue weighted by Crippen LogP contribution is 2.22. The number of methoxy groups -OCH3 is 1. The van der Waals surface area contributed by atoms with Crippen molar-refractivity contribution in [2.24, 2.45) is 5.73 Å². The maximum absolute atomic E-state index is 12.6. The van der Waals surface area contributed by atoms with E-state index in [0.717, 1.165) is 0 Å². The van der Waals surface area contributed by atoms with Crippen LogP contribution in [0.2, 0.25) is 0 Å². The van der Waals surface area contributed by atoms with Gasteiger partial charge in [0.1, 0.15) is 11.4 Å². The standard InChI is InChI=1S/C19H21N5O4/c1-27-15-6-5-12(10-13(15)19(26)21-8-3-7-20)18(25)22-17-11-14(23-24-17)16-4-2-9-28-16/h2,4-6,9-11H,3,7-8,20H2,1H3,(H,21,26)(H2,22,23,24,25). The minimum absolute atomic E-state index is 0.269. The van der Waals surface area contributed by atoms with Gasteiger partial charge in [0.2, 0.25) is 0 Å². The first-order chi connectivity index (χ1) is 13.6. The van der Waals surface area contributed by atoms with Crippen LogP contribution in [0.25, 0.3) is 11.5 Å². The van der Waals surface area contributed by atoms with E-state index in [1.807, 2.05) is 0 Å². The molecule has 1 aromatic carbocycles. The molecule has 0 saturated carbocycles. The molecule has 0 bridgehead atoms. The molecule has 0 unspecified atom stereocenters. The number of amides is 2. The Hall–Kier alpha value is -3.59. The summed E-state index contributed by atoms with van der Waals surface area (Å²) >= 11 is 0. The van der Waals surface area contributed by atoms with Crippen LogP contribution in [0.5, 0.6) is 5.75 Å². The van der Waals surface area contributed by atoms with Gasteiger partial charge >= 0.3 is 0 Å². The minimum atomic E-state index is -0.406. The van der Waals surface area contributed by atoms with Crippen LogP contribution in [0.1, 0.15) is 27.1 Å². The van der Waals surface area contributed by atoms with E-state index >= 15 is 0 Å². The molecule has 5 N–H and O–H groups in total. The zero-order chi connectivity index (χ0) is 19.9. The van der Waals surface area contributed by atoms with Gasteiger partial charge in [-0.25, -0.2) is 0 Å². The fraction of sp³-hybridized carbons (Fsp3) is 0.211. The molecular formula is C19H21N5O4. The number of aromatic amines is 1. The Morgan fingerprint density at radius 1 is 1.25 bits per heavy atom. The van der Waals surface area contributed by atoms with Crippen LogP contribution in [0.4, 0.5) is 5.82 Å². The SMILES string of the molecule is COc1ccc(C(=O)Nc2cc(-c3ccco3)[nH]n2)cc1C(=O)NCCCN. The number of anilines is 1. The zero-order valence-electron chi connectivity index (χ0n) is 15.3. The fourth-order valence-electron chi connectivity index (χ4n) is 2.56. The smallest absolute Gasteiger partial charge is 0.256 e. The van der Waals surface area contributed by atoms with Crippen molar-refractivity contribution in [3.05, 3.63) is 53.8 Å². The van der Waals surface area contributed by atoms with Crippen LogP contribution in [-0.2, 0) is 0 Å². The monoisotopic (exact) mass is 383 g/mol. The molecule has 0 aliphatic rings.